The highest BCUT2D eigenvalue weighted by molar-refractivity contribution is 5.98. The van der Waals surface area contributed by atoms with Gasteiger partial charge in [0.05, 0.1) is 13.2 Å². The number of hydrogen-bond donors (Lipinski definition) is 2. The normalized spacial score (nSPS) is 12.7. The number of ether oxygens (including phenoxy) is 1. The van der Waals surface area contributed by atoms with E-state index in [2.05, 4.69) is 5.32 Å². The van der Waals surface area contributed by atoms with Gasteiger partial charge in [-0.05, 0) is 31.5 Å². The molecular weight excluding hydrogens is 246 g/mol. The molecule has 0 spiro atoms. The van der Waals surface area contributed by atoms with Crippen LogP contribution in [0.4, 0.5) is 0 Å². The largest absolute Gasteiger partial charge is 0.497 e. The van der Waals surface area contributed by atoms with E-state index >= 15 is 0 Å². The summed E-state index contributed by atoms with van der Waals surface area (Å²) in [6, 6.07) is 7.09. The number of methoxy groups -OCH3 is 1. The van der Waals surface area contributed by atoms with Crippen molar-refractivity contribution in [1.29, 1.82) is 0 Å². The number of carboxylic acids is 1. The smallest absolute Gasteiger partial charge is 0.328 e. The van der Waals surface area contributed by atoms with Crippen molar-refractivity contribution in [3.05, 3.63) is 41.5 Å². The van der Waals surface area contributed by atoms with Crippen LogP contribution in [0.2, 0.25) is 0 Å². The Balaban J connectivity index is 2.70. The van der Waals surface area contributed by atoms with Gasteiger partial charge in [-0.1, -0.05) is 12.1 Å². The van der Waals surface area contributed by atoms with Crippen molar-refractivity contribution in [2.45, 2.75) is 19.9 Å². The summed E-state index contributed by atoms with van der Waals surface area (Å²) in [5, 5.41) is 11.3. The first-order chi connectivity index (χ1) is 8.93. The molecule has 0 saturated carbocycles. The lowest BCUT2D eigenvalue weighted by Crippen LogP contribution is -2.27. The summed E-state index contributed by atoms with van der Waals surface area (Å²) in [5.74, 6) is -0.792. The van der Waals surface area contributed by atoms with Gasteiger partial charge in [0.25, 0.3) is 0 Å². The van der Waals surface area contributed by atoms with Crippen LogP contribution in [-0.4, -0.2) is 24.1 Å². The Morgan fingerprint density at radius 2 is 1.89 bits per heavy atom. The van der Waals surface area contributed by atoms with Crippen molar-refractivity contribution in [1.82, 2.24) is 5.32 Å². The zero-order valence-corrected chi connectivity index (χ0v) is 11.1. The molecule has 1 atom stereocenters. The first kappa shape index (κ1) is 14.8. The molecule has 1 aromatic rings. The zero-order chi connectivity index (χ0) is 14.4. The second-order valence-corrected chi connectivity index (χ2v) is 4.13. The van der Waals surface area contributed by atoms with Crippen LogP contribution in [0.15, 0.2) is 35.9 Å². The maximum Gasteiger partial charge on any atom is 0.328 e. The lowest BCUT2D eigenvalue weighted by atomic mass is 10.1. The topological polar surface area (TPSA) is 75.6 Å². The Morgan fingerprint density at radius 3 is 2.37 bits per heavy atom. The van der Waals surface area contributed by atoms with Crippen LogP contribution in [0.25, 0.3) is 0 Å². The highest BCUT2D eigenvalue weighted by Gasteiger charge is 2.11. The van der Waals surface area contributed by atoms with Gasteiger partial charge in [-0.15, -0.1) is 0 Å². The van der Waals surface area contributed by atoms with Gasteiger partial charge in [0.1, 0.15) is 5.75 Å². The van der Waals surface area contributed by atoms with Gasteiger partial charge in [0, 0.05) is 11.6 Å². The van der Waals surface area contributed by atoms with E-state index in [-0.39, 0.29) is 11.6 Å². The molecular formula is C14H17NO4. The van der Waals surface area contributed by atoms with E-state index in [0.29, 0.717) is 0 Å². The van der Waals surface area contributed by atoms with Crippen LogP contribution in [-0.2, 0) is 9.59 Å². The van der Waals surface area contributed by atoms with Gasteiger partial charge in [-0.3, -0.25) is 4.79 Å². The summed E-state index contributed by atoms with van der Waals surface area (Å²) in [6.45, 7) is 3.29. The van der Waals surface area contributed by atoms with Crippen molar-refractivity contribution in [2.24, 2.45) is 0 Å². The monoisotopic (exact) mass is 263 g/mol. The van der Waals surface area contributed by atoms with Crippen LogP contribution < -0.4 is 10.1 Å². The molecule has 1 aromatic carbocycles. The predicted molar refractivity (Wildman–Crippen MR) is 70.9 cm³/mol. The Kier molecular flexibility index (Phi) is 5.11. The molecule has 0 aromatic heterocycles. The second kappa shape index (κ2) is 6.58. The number of amides is 1. The first-order valence-corrected chi connectivity index (χ1v) is 5.80. The van der Waals surface area contributed by atoms with E-state index < -0.39 is 11.9 Å². The van der Waals surface area contributed by atoms with Crippen molar-refractivity contribution in [3.63, 3.8) is 0 Å². The van der Waals surface area contributed by atoms with Crippen LogP contribution >= 0.6 is 0 Å². The highest BCUT2D eigenvalue weighted by Crippen LogP contribution is 2.17. The second-order valence-electron chi connectivity index (χ2n) is 4.13. The van der Waals surface area contributed by atoms with Crippen LogP contribution in [0.3, 0.4) is 0 Å². The Labute approximate surface area is 111 Å². The summed E-state index contributed by atoms with van der Waals surface area (Å²) in [5.41, 5.74) is 1.07. The summed E-state index contributed by atoms with van der Waals surface area (Å²) < 4.78 is 5.05. The molecule has 5 heteroatoms. The summed E-state index contributed by atoms with van der Waals surface area (Å²) in [7, 11) is 1.58. The average Bonchev–Trinajstić information content (AvgIpc) is 2.37. The fraction of sp³-hybridized carbons (Fsp3) is 0.286. The Morgan fingerprint density at radius 1 is 1.32 bits per heavy atom. The molecule has 0 unspecified atom stereocenters. The molecule has 0 fully saturated rings. The fourth-order valence-corrected chi connectivity index (χ4v) is 1.54. The van der Waals surface area contributed by atoms with Crippen molar-refractivity contribution in [2.75, 3.05) is 7.11 Å². The minimum Gasteiger partial charge on any atom is -0.497 e. The van der Waals surface area contributed by atoms with E-state index in [9.17, 15) is 9.59 Å². The van der Waals surface area contributed by atoms with Gasteiger partial charge in [-0.2, -0.15) is 0 Å². The molecule has 0 aliphatic heterocycles. The molecule has 0 radical (unpaired) electrons. The Hall–Kier alpha value is -2.30. The molecule has 19 heavy (non-hydrogen) atoms. The predicted octanol–water partition coefficient (Wildman–Crippen LogP) is 1.90. The van der Waals surface area contributed by atoms with Gasteiger partial charge in [0.15, 0.2) is 0 Å². The van der Waals surface area contributed by atoms with E-state index in [1.54, 1.807) is 19.2 Å². The SMILES string of the molecule is COc1ccc([C@H](C)NC(=O)/C(C)=C\C(=O)O)cc1. The van der Waals surface area contributed by atoms with Gasteiger partial charge in [-0.25, -0.2) is 4.79 Å². The summed E-state index contributed by atoms with van der Waals surface area (Å²) in [6.07, 6.45) is 0.885. The maximum absolute atomic E-state index is 11.7. The fourth-order valence-electron chi connectivity index (χ4n) is 1.54. The molecule has 0 aliphatic rings. The number of benzene rings is 1. The van der Waals surface area contributed by atoms with Crippen LogP contribution in [0.1, 0.15) is 25.5 Å². The molecule has 2 N–H and O–H groups in total. The van der Waals surface area contributed by atoms with E-state index in [4.69, 9.17) is 9.84 Å². The molecule has 0 heterocycles. The number of rotatable bonds is 5. The van der Waals surface area contributed by atoms with E-state index in [1.165, 1.54) is 6.92 Å². The highest BCUT2D eigenvalue weighted by atomic mass is 16.5. The van der Waals surface area contributed by atoms with E-state index in [0.717, 1.165) is 17.4 Å². The van der Waals surface area contributed by atoms with Gasteiger partial charge >= 0.3 is 5.97 Å². The number of aliphatic carboxylic acids is 1. The standard InChI is InChI=1S/C14H17NO4/c1-9(8-13(16)17)14(18)15-10(2)11-4-6-12(19-3)7-5-11/h4-8,10H,1-3H3,(H,15,18)(H,16,17)/b9-8-/t10-/m0/s1. The van der Waals surface area contributed by atoms with Crippen molar-refractivity contribution in [3.8, 4) is 5.75 Å². The number of hydrogen-bond acceptors (Lipinski definition) is 3. The quantitative estimate of drug-likeness (QED) is 0.796. The lowest BCUT2D eigenvalue weighted by molar-refractivity contribution is -0.131. The number of carbonyl (C=O) groups excluding carboxylic acids is 1. The minimum absolute atomic E-state index is 0.160. The third-order valence-corrected chi connectivity index (χ3v) is 2.66. The lowest BCUT2D eigenvalue weighted by Gasteiger charge is -2.14. The minimum atomic E-state index is -1.13. The average molecular weight is 263 g/mol. The third kappa shape index (κ3) is 4.46. The first-order valence-electron chi connectivity index (χ1n) is 5.80. The third-order valence-electron chi connectivity index (χ3n) is 2.66. The van der Waals surface area contributed by atoms with Crippen LogP contribution in [0, 0.1) is 0 Å². The molecule has 0 bridgehead atoms. The summed E-state index contributed by atoms with van der Waals surface area (Å²) in [4.78, 5) is 22.2. The summed E-state index contributed by atoms with van der Waals surface area (Å²) >= 11 is 0. The molecule has 102 valence electrons. The molecule has 0 aliphatic carbocycles. The maximum atomic E-state index is 11.7. The zero-order valence-electron chi connectivity index (χ0n) is 11.1. The number of nitrogens with one attached hydrogen (secondary N) is 1. The van der Waals surface area contributed by atoms with E-state index in [1.807, 2.05) is 19.1 Å². The van der Waals surface area contributed by atoms with Crippen molar-refractivity contribution < 1.29 is 19.4 Å². The van der Waals surface area contributed by atoms with Crippen molar-refractivity contribution >= 4 is 11.9 Å². The van der Waals surface area contributed by atoms with Crippen LogP contribution in [0.5, 0.6) is 5.75 Å². The molecule has 1 rings (SSSR count). The number of carbonyl (C=O) groups is 2. The number of carboxylic acid groups (broad SMARTS) is 1. The Bertz CT molecular complexity index is 491. The molecule has 0 saturated heterocycles. The molecule has 5 nitrogen and oxygen atoms in total. The van der Waals surface area contributed by atoms with Gasteiger partial charge in [0.2, 0.25) is 5.91 Å². The molecule has 1 amide bonds. The van der Waals surface area contributed by atoms with Gasteiger partial charge < -0.3 is 15.2 Å².